The minimum Gasteiger partial charge on any atom is -0.481 e. The zero-order valence-electron chi connectivity index (χ0n) is 14.6. The van der Waals surface area contributed by atoms with E-state index < -0.39 is 0 Å². The van der Waals surface area contributed by atoms with Crippen LogP contribution in [0.15, 0.2) is 53.5 Å². The third kappa shape index (κ3) is 3.36. The van der Waals surface area contributed by atoms with Crippen LogP contribution in [-0.4, -0.2) is 33.5 Å². The van der Waals surface area contributed by atoms with Crippen molar-refractivity contribution in [2.45, 2.75) is 19.5 Å². The number of hydrogen-bond acceptors (Lipinski definition) is 5. The van der Waals surface area contributed by atoms with Crippen molar-refractivity contribution in [2.75, 3.05) is 13.7 Å². The molecule has 1 aromatic carbocycles. The number of benzene rings is 1. The van der Waals surface area contributed by atoms with Gasteiger partial charge in [0, 0.05) is 43.9 Å². The van der Waals surface area contributed by atoms with Crippen LogP contribution in [0.2, 0.25) is 0 Å². The number of hydrogen-bond donors (Lipinski definition) is 1. The Bertz CT molecular complexity index is 952. The highest BCUT2D eigenvalue weighted by atomic mass is 16.5. The summed E-state index contributed by atoms with van der Waals surface area (Å²) in [6.45, 7) is 2.21. The van der Waals surface area contributed by atoms with E-state index in [1.807, 2.05) is 48.7 Å². The molecule has 26 heavy (non-hydrogen) atoms. The van der Waals surface area contributed by atoms with Crippen LogP contribution >= 0.6 is 0 Å². The lowest BCUT2D eigenvalue weighted by molar-refractivity contribution is 0.241. The number of aromatic amines is 1. The van der Waals surface area contributed by atoms with Crippen LogP contribution in [0.5, 0.6) is 5.88 Å². The molecule has 132 valence electrons. The maximum absolute atomic E-state index is 12.6. The van der Waals surface area contributed by atoms with Crippen molar-refractivity contribution in [1.29, 1.82) is 0 Å². The molecule has 1 N–H and O–H groups in total. The highest BCUT2D eigenvalue weighted by molar-refractivity contribution is 5.54. The molecule has 1 aliphatic rings. The lowest BCUT2D eigenvalue weighted by Crippen LogP contribution is -2.35. The van der Waals surface area contributed by atoms with E-state index in [9.17, 15) is 4.79 Å². The van der Waals surface area contributed by atoms with E-state index in [1.165, 1.54) is 0 Å². The Morgan fingerprint density at radius 2 is 2.04 bits per heavy atom. The summed E-state index contributed by atoms with van der Waals surface area (Å²) in [5, 5.41) is 0. The van der Waals surface area contributed by atoms with E-state index in [0.29, 0.717) is 18.2 Å². The first-order valence-electron chi connectivity index (χ1n) is 8.61. The largest absolute Gasteiger partial charge is 0.481 e. The first-order valence-corrected chi connectivity index (χ1v) is 8.61. The summed E-state index contributed by atoms with van der Waals surface area (Å²) in [5.74, 6) is 1.24. The highest BCUT2D eigenvalue weighted by Gasteiger charge is 2.21. The van der Waals surface area contributed by atoms with Gasteiger partial charge in [0.2, 0.25) is 5.88 Å². The molecule has 0 saturated heterocycles. The average Bonchev–Trinajstić information content (AvgIpc) is 2.69. The number of ether oxygens (including phenoxy) is 1. The lowest BCUT2D eigenvalue weighted by Gasteiger charge is -2.27. The Morgan fingerprint density at radius 1 is 1.19 bits per heavy atom. The van der Waals surface area contributed by atoms with Gasteiger partial charge in [-0.3, -0.25) is 9.69 Å². The van der Waals surface area contributed by atoms with E-state index in [0.717, 1.165) is 41.9 Å². The van der Waals surface area contributed by atoms with Crippen molar-refractivity contribution in [3.63, 3.8) is 0 Å². The number of fused-ring (bicyclic) bond motifs is 1. The van der Waals surface area contributed by atoms with Crippen molar-refractivity contribution in [1.82, 2.24) is 19.9 Å². The molecular weight excluding hydrogens is 328 g/mol. The van der Waals surface area contributed by atoms with Crippen molar-refractivity contribution in [3.8, 4) is 17.3 Å². The fraction of sp³-hybridized carbons (Fsp3) is 0.250. The number of H-pyrrole nitrogens is 1. The lowest BCUT2D eigenvalue weighted by atomic mass is 10.1. The molecule has 2 aromatic heterocycles. The van der Waals surface area contributed by atoms with Gasteiger partial charge in [-0.05, 0) is 5.56 Å². The molecule has 3 heterocycles. The van der Waals surface area contributed by atoms with E-state index in [4.69, 9.17) is 9.72 Å². The van der Waals surface area contributed by atoms with Gasteiger partial charge in [0.15, 0.2) is 0 Å². The second kappa shape index (κ2) is 7.09. The van der Waals surface area contributed by atoms with Gasteiger partial charge < -0.3 is 9.72 Å². The van der Waals surface area contributed by atoms with E-state index >= 15 is 0 Å². The normalized spacial score (nSPS) is 14.0. The Morgan fingerprint density at radius 3 is 2.77 bits per heavy atom. The van der Waals surface area contributed by atoms with Crippen molar-refractivity contribution >= 4 is 0 Å². The first-order chi connectivity index (χ1) is 12.7. The number of nitrogens with one attached hydrogen (secondary N) is 1. The zero-order chi connectivity index (χ0) is 17.9. The number of nitrogens with zero attached hydrogens (tertiary/aromatic N) is 3. The van der Waals surface area contributed by atoms with Gasteiger partial charge >= 0.3 is 0 Å². The van der Waals surface area contributed by atoms with Crippen LogP contribution in [-0.2, 0) is 19.5 Å². The SMILES string of the molecule is COc1ccc(CN2CCc3nc(-c4ccccc4)[nH]c(=O)c3C2)cn1. The molecule has 0 bridgehead atoms. The quantitative estimate of drug-likeness (QED) is 0.784. The number of rotatable bonds is 4. The molecule has 0 unspecified atom stereocenters. The van der Waals surface area contributed by atoms with Gasteiger partial charge in [-0.1, -0.05) is 36.4 Å². The molecule has 6 nitrogen and oxygen atoms in total. The molecule has 4 rings (SSSR count). The molecule has 0 saturated carbocycles. The van der Waals surface area contributed by atoms with Crippen LogP contribution in [0.25, 0.3) is 11.4 Å². The second-order valence-electron chi connectivity index (χ2n) is 6.38. The topological polar surface area (TPSA) is 71.1 Å². The minimum atomic E-state index is -0.0496. The van der Waals surface area contributed by atoms with Crippen molar-refractivity contribution in [3.05, 3.63) is 75.8 Å². The van der Waals surface area contributed by atoms with Crippen LogP contribution in [0.4, 0.5) is 0 Å². The van der Waals surface area contributed by atoms with Gasteiger partial charge in [-0.15, -0.1) is 0 Å². The van der Waals surface area contributed by atoms with Crippen molar-refractivity contribution in [2.24, 2.45) is 0 Å². The predicted octanol–water partition coefficient (Wildman–Crippen LogP) is 2.40. The summed E-state index contributed by atoms with van der Waals surface area (Å²) in [4.78, 5) is 26.7. The van der Waals surface area contributed by atoms with Crippen LogP contribution < -0.4 is 10.3 Å². The van der Waals surface area contributed by atoms with Crippen LogP contribution in [0, 0.1) is 0 Å². The number of aromatic nitrogens is 3. The number of methoxy groups -OCH3 is 1. The molecule has 0 amide bonds. The molecule has 0 atom stereocenters. The molecule has 0 radical (unpaired) electrons. The summed E-state index contributed by atoms with van der Waals surface area (Å²) in [5.41, 5.74) is 3.64. The standard InChI is InChI=1S/C20H20N4O2/c1-26-18-8-7-14(11-21-18)12-24-10-9-17-16(13-24)20(25)23-19(22-17)15-5-3-2-4-6-15/h2-8,11H,9-10,12-13H2,1H3,(H,22,23,25). The van der Waals surface area contributed by atoms with E-state index in [2.05, 4.69) is 14.9 Å². The molecule has 0 spiro atoms. The first kappa shape index (κ1) is 16.5. The maximum Gasteiger partial charge on any atom is 0.255 e. The van der Waals surface area contributed by atoms with Gasteiger partial charge in [0.25, 0.3) is 5.56 Å². The summed E-state index contributed by atoms with van der Waals surface area (Å²) < 4.78 is 5.09. The molecule has 6 heteroatoms. The van der Waals surface area contributed by atoms with Crippen molar-refractivity contribution < 1.29 is 4.74 Å². The summed E-state index contributed by atoms with van der Waals surface area (Å²) in [7, 11) is 1.60. The summed E-state index contributed by atoms with van der Waals surface area (Å²) in [6, 6.07) is 13.6. The predicted molar refractivity (Wildman–Crippen MR) is 98.9 cm³/mol. The molecule has 3 aromatic rings. The smallest absolute Gasteiger partial charge is 0.255 e. The fourth-order valence-corrected chi connectivity index (χ4v) is 3.23. The monoisotopic (exact) mass is 348 g/mol. The van der Waals surface area contributed by atoms with Crippen LogP contribution in [0.3, 0.4) is 0 Å². The zero-order valence-corrected chi connectivity index (χ0v) is 14.6. The van der Waals surface area contributed by atoms with Gasteiger partial charge in [0.05, 0.1) is 18.4 Å². The average molecular weight is 348 g/mol. The maximum atomic E-state index is 12.6. The molecule has 0 fully saturated rings. The third-order valence-corrected chi connectivity index (χ3v) is 4.61. The van der Waals surface area contributed by atoms with Gasteiger partial charge in [-0.25, -0.2) is 9.97 Å². The molecule has 0 aliphatic carbocycles. The Kier molecular flexibility index (Phi) is 4.50. The molecule has 1 aliphatic heterocycles. The minimum absolute atomic E-state index is 0.0496. The van der Waals surface area contributed by atoms with E-state index in [1.54, 1.807) is 7.11 Å². The highest BCUT2D eigenvalue weighted by Crippen LogP contribution is 2.20. The van der Waals surface area contributed by atoms with Gasteiger partial charge in [0.1, 0.15) is 5.82 Å². The van der Waals surface area contributed by atoms with Gasteiger partial charge in [-0.2, -0.15) is 0 Å². The Labute approximate surface area is 151 Å². The van der Waals surface area contributed by atoms with Crippen LogP contribution in [0.1, 0.15) is 16.8 Å². The van der Waals surface area contributed by atoms with E-state index in [-0.39, 0.29) is 5.56 Å². The number of pyridine rings is 1. The molecular formula is C20H20N4O2. The second-order valence-corrected chi connectivity index (χ2v) is 6.38. The summed E-state index contributed by atoms with van der Waals surface area (Å²) in [6.07, 6.45) is 2.58. The Balaban J connectivity index is 1.54. The fourth-order valence-electron chi connectivity index (χ4n) is 3.23. The summed E-state index contributed by atoms with van der Waals surface area (Å²) >= 11 is 0. The Hall–Kier alpha value is -2.99. The third-order valence-electron chi connectivity index (χ3n) is 4.61.